The predicted octanol–water partition coefficient (Wildman–Crippen LogP) is 1.15. The van der Waals surface area contributed by atoms with Crippen molar-refractivity contribution in [3.63, 3.8) is 0 Å². The van der Waals surface area contributed by atoms with Crippen molar-refractivity contribution in [2.24, 2.45) is 0 Å². The van der Waals surface area contributed by atoms with Crippen LogP contribution in [0, 0.1) is 0 Å². The van der Waals surface area contributed by atoms with E-state index in [0.717, 1.165) is 0 Å². The number of carbonyl (C=O) groups is 1. The van der Waals surface area contributed by atoms with Gasteiger partial charge in [0.2, 0.25) is 0 Å². The van der Waals surface area contributed by atoms with Crippen LogP contribution in [0.1, 0.15) is 13.8 Å². The Balaban J connectivity index is 2.49. The molecule has 0 aromatic carbocycles. The van der Waals surface area contributed by atoms with Crippen molar-refractivity contribution in [2.45, 2.75) is 26.1 Å². The Hall–Kier alpha value is -0.220. The third-order valence-corrected chi connectivity index (χ3v) is 1.97. The molecule has 3 nitrogen and oxygen atoms in total. The van der Waals surface area contributed by atoms with Crippen LogP contribution in [0.2, 0.25) is 0 Å². The summed E-state index contributed by atoms with van der Waals surface area (Å²) in [6, 6.07) is 0. The van der Waals surface area contributed by atoms with Gasteiger partial charge in [0, 0.05) is 13.1 Å². The molecule has 1 aliphatic heterocycles. The summed E-state index contributed by atoms with van der Waals surface area (Å²) in [5.74, 6) is 0. The highest BCUT2D eigenvalue weighted by molar-refractivity contribution is 7.96. The third-order valence-electron chi connectivity index (χ3n) is 1.69. The molecular formula is C7H13NO2S. The van der Waals surface area contributed by atoms with Crippen molar-refractivity contribution in [3.8, 4) is 0 Å². The second-order valence-corrected chi connectivity index (χ2v) is 3.33. The van der Waals surface area contributed by atoms with Gasteiger partial charge in [0.05, 0.1) is 12.2 Å². The zero-order valence-corrected chi connectivity index (χ0v) is 7.67. The standard InChI is InChI=1S/C7H13NO2S/c1-5-3-8(7(9)11)4-6(2)10-5/h5-6H,3-4H2,1-2H3,(H,9,11)/t5-,6-/m0/s1. The molecule has 0 aliphatic carbocycles. The molecule has 2 atom stereocenters. The van der Waals surface area contributed by atoms with Crippen LogP contribution < -0.4 is 0 Å². The Labute approximate surface area is 72.1 Å². The quantitative estimate of drug-likeness (QED) is 0.560. The van der Waals surface area contributed by atoms with E-state index in [1.54, 1.807) is 4.90 Å². The van der Waals surface area contributed by atoms with Crippen LogP contribution in [0.3, 0.4) is 0 Å². The average molecular weight is 175 g/mol. The lowest BCUT2D eigenvalue weighted by atomic mass is 10.2. The molecule has 0 N–H and O–H groups in total. The van der Waals surface area contributed by atoms with Gasteiger partial charge in [-0.2, -0.15) is 0 Å². The van der Waals surface area contributed by atoms with Crippen molar-refractivity contribution in [3.05, 3.63) is 0 Å². The Morgan fingerprint density at radius 2 is 1.91 bits per heavy atom. The van der Waals surface area contributed by atoms with Gasteiger partial charge in [-0.25, -0.2) is 0 Å². The molecule has 0 radical (unpaired) electrons. The molecular weight excluding hydrogens is 162 g/mol. The van der Waals surface area contributed by atoms with Gasteiger partial charge in [0.25, 0.3) is 5.24 Å². The van der Waals surface area contributed by atoms with E-state index in [0.29, 0.717) is 13.1 Å². The minimum Gasteiger partial charge on any atom is -0.372 e. The number of hydrogen-bond donors (Lipinski definition) is 1. The SMILES string of the molecule is C[C@H]1CN(C(=O)S)C[C@H](C)O1. The van der Waals surface area contributed by atoms with E-state index in [9.17, 15) is 4.79 Å². The van der Waals surface area contributed by atoms with Crippen molar-refractivity contribution < 1.29 is 9.53 Å². The van der Waals surface area contributed by atoms with Crippen molar-refractivity contribution in [1.29, 1.82) is 0 Å². The zero-order valence-electron chi connectivity index (χ0n) is 6.78. The number of hydrogen-bond acceptors (Lipinski definition) is 2. The van der Waals surface area contributed by atoms with E-state index in [-0.39, 0.29) is 17.4 Å². The Morgan fingerprint density at radius 3 is 2.27 bits per heavy atom. The summed E-state index contributed by atoms with van der Waals surface area (Å²) in [5, 5.41) is -0.160. The van der Waals surface area contributed by atoms with Gasteiger partial charge in [-0.1, -0.05) is 12.6 Å². The number of thiol groups is 1. The number of rotatable bonds is 0. The summed E-state index contributed by atoms with van der Waals surface area (Å²) >= 11 is 3.75. The average Bonchev–Trinajstić information content (AvgIpc) is 1.85. The molecule has 0 aromatic heterocycles. The molecule has 11 heavy (non-hydrogen) atoms. The van der Waals surface area contributed by atoms with E-state index in [1.165, 1.54) is 0 Å². The fourth-order valence-electron chi connectivity index (χ4n) is 1.33. The van der Waals surface area contributed by atoms with E-state index >= 15 is 0 Å². The highest BCUT2D eigenvalue weighted by Gasteiger charge is 2.23. The van der Waals surface area contributed by atoms with Crippen LogP contribution in [0.15, 0.2) is 0 Å². The molecule has 1 aliphatic rings. The van der Waals surface area contributed by atoms with E-state index in [1.807, 2.05) is 13.8 Å². The monoisotopic (exact) mass is 175 g/mol. The van der Waals surface area contributed by atoms with Crippen molar-refractivity contribution >= 4 is 17.9 Å². The number of nitrogens with zero attached hydrogens (tertiary/aromatic N) is 1. The maximum absolute atomic E-state index is 10.8. The van der Waals surface area contributed by atoms with Gasteiger partial charge >= 0.3 is 0 Å². The lowest BCUT2D eigenvalue weighted by Crippen LogP contribution is -2.46. The van der Waals surface area contributed by atoms with Crippen LogP contribution in [-0.2, 0) is 4.74 Å². The Morgan fingerprint density at radius 1 is 1.45 bits per heavy atom. The molecule has 0 spiro atoms. The van der Waals surface area contributed by atoms with Crippen molar-refractivity contribution in [1.82, 2.24) is 4.90 Å². The van der Waals surface area contributed by atoms with Crippen molar-refractivity contribution in [2.75, 3.05) is 13.1 Å². The maximum atomic E-state index is 10.8. The minimum atomic E-state index is -0.160. The topological polar surface area (TPSA) is 29.5 Å². The van der Waals surface area contributed by atoms with E-state index in [4.69, 9.17) is 4.74 Å². The summed E-state index contributed by atoms with van der Waals surface area (Å²) in [4.78, 5) is 12.5. The molecule has 0 bridgehead atoms. The van der Waals surface area contributed by atoms with Gasteiger partial charge in [0.1, 0.15) is 0 Å². The van der Waals surface area contributed by atoms with Crippen LogP contribution in [0.5, 0.6) is 0 Å². The first-order valence-corrected chi connectivity index (χ1v) is 4.17. The number of ether oxygens (including phenoxy) is 1. The van der Waals surface area contributed by atoms with E-state index < -0.39 is 0 Å². The van der Waals surface area contributed by atoms with Gasteiger partial charge in [-0.15, -0.1) is 0 Å². The minimum absolute atomic E-state index is 0.134. The number of amides is 1. The molecule has 4 heteroatoms. The molecule has 0 unspecified atom stereocenters. The summed E-state index contributed by atoms with van der Waals surface area (Å²) in [6.45, 7) is 5.23. The number of morpholine rings is 1. The van der Waals surface area contributed by atoms with Gasteiger partial charge < -0.3 is 9.64 Å². The Kier molecular flexibility index (Phi) is 2.78. The lowest BCUT2D eigenvalue weighted by Gasteiger charge is -2.34. The highest BCUT2D eigenvalue weighted by atomic mass is 32.1. The lowest BCUT2D eigenvalue weighted by molar-refractivity contribution is -0.0515. The second-order valence-electron chi connectivity index (χ2n) is 2.94. The molecule has 0 saturated carbocycles. The summed E-state index contributed by atoms with van der Waals surface area (Å²) < 4.78 is 5.44. The third kappa shape index (κ3) is 2.38. The predicted molar refractivity (Wildman–Crippen MR) is 46.0 cm³/mol. The van der Waals surface area contributed by atoms with Gasteiger partial charge in [0.15, 0.2) is 0 Å². The second kappa shape index (κ2) is 3.45. The van der Waals surface area contributed by atoms with Crippen LogP contribution in [0.25, 0.3) is 0 Å². The molecule has 1 saturated heterocycles. The number of carbonyl (C=O) groups excluding carboxylic acids is 1. The fourth-order valence-corrected chi connectivity index (χ4v) is 1.50. The van der Waals surface area contributed by atoms with Crippen LogP contribution >= 0.6 is 12.6 Å². The van der Waals surface area contributed by atoms with Crippen LogP contribution in [0.4, 0.5) is 4.79 Å². The largest absolute Gasteiger partial charge is 0.372 e. The van der Waals surface area contributed by atoms with Gasteiger partial charge in [-0.3, -0.25) is 4.79 Å². The first-order valence-electron chi connectivity index (χ1n) is 3.73. The molecule has 1 amide bonds. The molecule has 0 aromatic rings. The molecule has 1 rings (SSSR count). The highest BCUT2D eigenvalue weighted by Crippen LogP contribution is 2.11. The summed E-state index contributed by atoms with van der Waals surface area (Å²) in [6.07, 6.45) is 0.268. The first kappa shape index (κ1) is 8.87. The first-order chi connectivity index (χ1) is 5.09. The summed E-state index contributed by atoms with van der Waals surface area (Å²) in [5.41, 5.74) is 0. The van der Waals surface area contributed by atoms with Crippen LogP contribution in [-0.4, -0.2) is 35.4 Å². The molecule has 1 fully saturated rings. The molecule has 1 heterocycles. The normalized spacial score (nSPS) is 32.1. The molecule has 64 valence electrons. The maximum Gasteiger partial charge on any atom is 0.278 e. The van der Waals surface area contributed by atoms with Gasteiger partial charge in [-0.05, 0) is 13.8 Å². The zero-order chi connectivity index (χ0) is 8.43. The Bertz CT molecular complexity index is 153. The van der Waals surface area contributed by atoms with E-state index in [2.05, 4.69) is 12.6 Å². The summed E-state index contributed by atoms with van der Waals surface area (Å²) in [7, 11) is 0. The smallest absolute Gasteiger partial charge is 0.278 e. The fraction of sp³-hybridized carbons (Fsp3) is 0.857.